The maximum absolute atomic E-state index is 5.39. The first kappa shape index (κ1) is 11.7. The van der Waals surface area contributed by atoms with Gasteiger partial charge in [-0.25, -0.2) is 0 Å². The standard InChI is InChI=1S/C14H18O/c1-6-10(2)7-13-8-12(4)14(15-5)9-11(13)3/h1,8-10H,7H2,2-5H3. The van der Waals surface area contributed by atoms with Gasteiger partial charge in [-0.2, -0.15) is 0 Å². The Labute approximate surface area is 92.5 Å². The van der Waals surface area contributed by atoms with Crippen LogP contribution in [0.4, 0.5) is 0 Å². The number of terminal acetylenes is 1. The van der Waals surface area contributed by atoms with Crippen LogP contribution in [-0.4, -0.2) is 7.11 Å². The Bertz CT molecular complexity index is 385. The lowest BCUT2D eigenvalue weighted by molar-refractivity contribution is 0.411. The van der Waals surface area contributed by atoms with Crippen molar-refractivity contribution in [1.29, 1.82) is 0 Å². The summed E-state index contributed by atoms with van der Waals surface area (Å²) < 4.78 is 5.27. The third-order valence-electron chi connectivity index (χ3n) is 2.66. The highest BCUT2D eigenvalue weighted by molar-refractivity contribution is 5.41. The topological polar surface area (TPSA) is 9.23 Å². The second-order valence-electron chi connectivity index (χ2n) is 4.02. The zero-order chi connectivity index (χ0) is 11.4. The van der Waals surface area contributed by atoms with E-state index < -0.39 is 0 Å². The van der Waals surface area contributed by atoms with Crippen molar-refractivity contribution in [2.75, 3.05) is 7.11 Å². The van der Waals surface area contributed by atoms with Gasteiger partial charge in [0.05, 0.1) is 7.11 Å². The van der Waals surface area contributed by atoms with Gasteiger partial charge in [0.2, 0.25) is 0 Å². The second-order valence-corrected chi connectivity index (χ2v) is 4.02. The molecule has 0 spiro atoms. The Kier molecular flexibility index (Phi) is 3.80. The molecule has 0 aromatic heterocycles. The Morgan fingerprint density at radius 3 is 2.53 bits per heavy atom. The summed E-state index contributed by atoms with van der Waals surface area (Å²) in [6.45, 7) is 6.22. The van der Waals surface area contributed by atoms with Crippen LogP contribution in [0.5, 0.6) is 5.75 Å². The number of aryl methyl sites for hydroxylation is 2. The highest BCUT2D eigenvalue weighted by atomic mass is 16.5. The number of ether oxygens (including phenoxy) is 1. The molecule has 0 aliphatic rings. The predicted molar refractivity (Wildman–Crippen MR) is 64.2 cm³/mol. The van der Waals surface area contributed by atoms with Crippen LogP contribution >= 0.6 is 0 Å². The monoisotopic (exact) mass is 202 g/mol. The Hall–Kier alpha value is -1.42. The molecule has 80 valence electrons. The largest absolute Gasteiger partial charge is 0.496 e. The molecule has 0 fully saturated rings. The van der Waals surface area contributed by atoms with Crippen molar-refractivity contribution in [1.82, 2.24) is 0 Å². The molecule has 0 heterocycles. The van der Waals surface area contributed by atoms with Gasteiger partial charge in [-0.3, -0.25) is 0 Å². The first-order valence-electron chi connectivity index (χ1n) is 5.18. The number of methoxy groups -OCH3 is 1. The molecule has 0 aliphatic heterocycles. The minimum atomic E-state index is 0.288. The fourth-order valence-corrected chi connectivity index (χ4v) is 1.68. The zero-order valence-corrected chi connectivity index (χ0v) is 9.92. The fraction of sp³-hybridized carbons (Fsp3) is 0.429. The smallest absolute Gasteiger partial charge is 0.122 e. The van der Waals surface area contributed by atoms with E-state index in [1.165, 1.54) is 16.7 Å². The van der Waals surface area contributed by atoms with E-state index in [-0.39, 0.29) is 5.92 Å². The van der Waals surface area contributed by atoms with Gasteiger partial charge in [-0.1, -0.05) is 13.0 Å². The minimum Gasteiger partial charge on any atom is -0.496 e. The lowest BCUT2D eigenvalue weighted by atomic mass is 9.96. The highest BCUT2D eigenvalue weighted by Crippen LogP contribution is 2.24. The average molecular weight is 202 g/mol. The van der Waals surface area contributed by atoms with Crippen LogP contribution in [-0.2, 0) is 6.42 Å². The summed E-state index contributed by atoms with van der Waals surface area (Å²) in [5.41, 5.74) is 3.74. The molecule has 0 saturated heterocycles. The van der Waals surface area contributed by atoms with E-state index in [1.54, 1.807) is 7.11 Å². The van der Waals surface area contributed by atoms with Crippen molar-refractivity contribution in [3.63, 3.8) is 0 Å². The Morgan fingerprint density at radius 2 is 2.00 bits per heavy atom. The molecule has 1 rings (SSSR count). The number of rotatable bonds is 3. The molecule has 1 atom stereocenters. The van der Waals surface area contributed by atoms with Gasteiger partial charge in [0.1, 0.15) is 5.75 Å². The molecule has 0 aliphatic carbocycles. The van der Waals surface area contributed by atoms with E-state index in [0.29, 0.717) is 0 Å². The maximum atomic E-state index is 5.39. The molecule has 1 aromatic carbocycles. The summed E-state index contributed by atoms with van der Waals surface area (Å²) in [4.78, 5) is 0. The molecule has 0 amide bonds. The van der Waals surface area contributed by atoms with E-state index >= 15 is 0 Å². The summed E-state index contributed by atoms with van der Waals surface area (Å²) in [7, 11) is 1.70. The van der Waals surface area contributed by atoms with Gasteiger partial charge >= 0.3 is 0 Å². The van der Waals surface area contributed by atoms with Crippen molar-refractivity contribution < 1.29 is 4.74 Å². The third-order valence-corrected chi connectivity index (χ3v) is 2.66. The quantitative estimate of drug-likeness (QED) is 0.684. The normalized spacial score (nSPS) is 11.9. The lowest BCUT2D eigenvalue weighted by Gasteiger charge is -2.12. The summed E-state index contributed by atoms with van der Waals surface area (Å²) >= 11 is 0. The molecule has 1 aromatic rings. The van der Waals surface area contributed by atoms with Crippen LogP contribution in [0.15, 0.2) is 12.1 Å². The zero-order valence-electron chi connectivity index (χ0n) is 9.92. The number of benzene rings is 1. The second kappa shape index (κ2) is 4.89. The summed E-state index contributed by atoms with van der Waals surface area (Å²) in [6, 6.07) is 4.25. The summed E-state index contributed by atoms with van der Waals surface area (Å²) in [5, 5.41) is 0. The predicted octanol–water partition coefficient (Wildman–Crippen LogP) is 3.12. The highest BCUT2D eigenvalue weighted by Gasteiger charge is 2.07. The van der Waals surface area contributed by atoms with Crippen LogP contribution in [0.25, 0.3) is 0 Å². The summed E-state index contributed by atoms with van der Waals surface area (Å²) in [6.07, 6.45) is 6.33. The van der Waals surface area contributed by atoms with Crippen molar-refractivity contribution in [2.24, 2.45) is 5.92 Å². The van der Waals surface area contributed by atoms with Gasteiger partial charge in [-0.15, -0.1) is 12.3 Å². The van der Waals surface area contributed by atoms with Crippen molar-refractivity contribution in [2.45, 2.75) is 27.2 Å². The summed E-state index contributed by atoms with van der Waals surface area (Å²) in [5.74, 6) is 3.99. The maximum Gasteiger partial charge on any atom is 0.122 e. The Morgan fingerprint density at radius 1 is 1.33 bits per heavy atom. The first-order chi connectivity index (χ1) is 7.08. The van der Waals surface area contributed by atoms with Crippen LogP contribution in [0, 0.1) is 32.1 Å². The molecule has 15 heavy (non-hydrogen) atoms. The molecule has 1 heteroatoms. The molecular formula is C14H18O. The van der Waals surface area contributed by atoms with Crippen LogP contribution in [0.3, 0.4) is 0 Å². The molecular weight excluding hydrogens is 184 g/mol. The van der Waals surface area contributed by atoms with Crippen molar-refractivity contribution >= 4 is 0 Å². The lowest BCUT2D eigenvalue weighted by Crippen LogP contribution is -2.00. The SMILES string of the molecule is C#CC(C)Cc1cc(C)c(OC)cc1C. The number of hydrogen-bond donors (Lipinski definition) is 0. The minimum absolute atomic E-state index is 0.288. The molecule has 0 saturated carbocycles. The number of hydrogen-bond acceptors (Lipinski definition) is 1. The van der Waals surface area contributed by atoms with Gasteiger partial charge in [0.25, 0.3) is 0 Å². The molecule has 1 nitrogen and oxygen atoms in total. The van der Waals surface area contributed by atoms with E-state index in [2.05, 4.69) is 38.8 Å². The Balaban J connectivity index is 3.01. The average Bonchev–Trinajstić information content (AvgIpc) is 2.22. The molecule has 0 bridgehead atoms. The van der Waals surface area contributed by atoms with E-state index in [0.717, 1.165) is 12.2 Å². The van der Waals surface area contributed by atoms with Gasteiger partial charge < -0.3 is 4.74 Å². The third kappa shape index (κ3) is 2.76. The van der Waals surface area contributed by atoms with Gasteiger partial charge in [-0.05, 0) is 43.0 Å². The van der Waals surface area contributed by atoms with Crippen LogP contribution in [0.1, 0.15) is 23.6 Å². The van der Waals surface area contributed by atoms with E-state index in [4.69, 9.17) is 11.2 Å². The van der Waals surface area contributed by atoms with Crippen molar-refractivity contribution in [3.8, 4) is 18.1 Å². The molecule has 0 radical (unpaired) electrons. The van der Waals surface area contributed by atoms with Gasteiger partial charge in [0, 0.05) is 5.92 Å². The van der Waals surface area contributed by atoms with Crippen LogP contribution in [0.2, 0.25) is 0 Å². The molecule has 0 N–H and O–H groups in total. The first-order valence-corrected chi connectivity index (χ1v) is 5.18. The molecule has 1 unspecified atom stereocenters. The van der Waals surface area contributed by atoms with Crippen molar-refractivity contribution in [3.05, 3.63) is 28.8 Å². The fourth-order valence-electron chi connectivity index (χ4n) is 1.68. The van der Waals surface area contributed by atoms with E-state index in [9.17, 15) is 0 Å². The van der Waals surface area contributed by atoms with E-state index in [1.807, 2.05) is 0 Å². The van der Waals surface area contributed by atoms with Gasteiger partial charge in [0.15, 0.2) is 0 Å². The van der Waals surface area contributed by atoms with Crippen LogP contribution < -0.4 is 4.74 Å².